The molecule has 0 fully saturated rings. The second kappa shape index (κ2) is 5.95. The van der Waals surface area contributed by atoms with Crippen LogP contribution in [0.4, 0.5) is 0 Å². The number of nitrogens with zero attached hydrogens (tertiary/aromatic N) is 1. The van der Waals surface area contributed by atoms with Crippen molar-refractivity contribution in [3.63, 3.8) is 0 Å². The van der Waals surface area contributed by atoms with Crippen LogP contribution in [0.25, 0.3) is 0 Å². The Hall–Kier alpha value is 0.290. The maximum atomic E-state index is 5.11. The quantitative estimate of drug-likeness (QED) is 0.430. The standard InChI is InChI=1S/C13H22INOS/c1-12(2,3)9-17-7-6-11-10(8-16-15-11)13(4,5)14/h8H,6-7,9H2,1-5H3. The Morgan fingerprint density at radius 3 is 2.47 bits per heavy atom. The molecule has 98 valence electrons. The largest absolute Gasteiger partial charge is 0.364 e. The molecule has 0 bridgehead atoms. The third kappa shape index (κ3) is 5.64. The van der Waals surface area contributed by atoms with Crippen LogP contribution in [0.3, 0.4) is 0 Å². The van der Waals surface area contributed by atoms with E-state index in [-0.39, 0.29) is 3.42 Å². The lowest BCUT2D eigenvalue weighted by molar-refractivity contribution is 0.411. The third-order valence-electron chi connectivity index (χ3n) is 2.30. The first-order chi connectivity index (χ1) is 7.70. The Labute approximate surface area is 122 Å². The summed E-state index contributed by atoms with van der Waals surface area (Å²) in [5, 5.41) is 4.12. The zero-order valence-electron chi connectivity index (χ0n) is 11.3. The molecular weight excluding hydrogens is 345 g/mol. The van der Waals surface area contributed by atoms with Crippen molar-refractivity contribution < 1.29 is 4.52 Å². The molecule has 0 amide bonds. The van der Waals surface area contributed by atoms with E-state index in [1.807, 2.05) is 11.8 Å². The Balaban J connectivity index is 2.45. The lowest BCUT2D eigenvalue weighted by Crippen LogP contribution is -2.11. The Morgan fingerprint density at radius 1 is 1.29 bits per heavy atom. The predicted octanol–water partition coefficient (Wildman–Crippen LogP) is 4.67. The molecule has 0 radical (unpaired) electrons. The van der Waals surface area contributed by atoms with Gasteiger partial charge in [-0.3, -0.25) is 0 Å². The van der Waals surface area contributed by atoms with E-state index in [9.17, 15) is 0 Å². The number of hydrogen-bond acceptors (Lipinski definition) is 3. The summed E-state index contributed by atoms with van der Waals surface area (Å²) in [6.45, 7) is 11.2. The third-order valence-corrected chi connectivity index (χ3v) is 4.45. The zero-order chi connectivity index (χ0) is 13.1. The monoisotopic (exact) mass is 367 g/mol. The average Bonchev–Trinajstić information content (AvgIpc) is 2.58. The van der Waals surface area contributed by atoms with Gasteiger partial charge in [-0.25, -0.2) is 0 Å². The highest BCUT2D eigenvalue weighted by molar-refractivity contribution is 14.1. The fourth-order valence-corrected chi connectivity index (χ4v) is 3.00. The number of thioether (sulfide) groups is 1. The van der Waals surface area contributed by atoms with Crippen molar-refractivity contribution in [2.75, 3.05) is 11.5 Å². The van der Waals surface area contributed by atoms with Crippen molar-refractivity contribution in [2.24, 2.45) is 5.41 Å². The van der Waals surface area contributed by atoms with Gasteiger partial charge in [-0.2, -0.15) is 11.8 Å². The molecule has 0 saturated carbocycles. The zero-order valence-corrected chi connectivity index (χ0v) is 14.3. The van der Waals surface area contributed by atoms with Crippen molar-refractivity contribution in [1.29, 1.82) is 0 Å². The number of aromatic nitrogens is 1. The van der Waals surface area contributed by atoms with E-state index in [0.29, 0.717) is 5.41 Å². The van der Waals surface area contributed by atoms with Gasteiger partial charge in [0, 0.05) is 15.4 Å². The molecule has 0 aliphatic carbocycles. The Morgan fingerprint density at radius 2 is 1.94 bits per heavy atom. The van der Waals surface area contributed by atoms with Gasteiger partial charge >= 0.3 is 0 Å². The van der Waals surface area contributed by atoms with Crippen molar-refractivity contribution in [2.45, 2.75) is 44.5 Å². The molecule has 1 heterocycles. The smallest absolute Gasteiger partial charge is 0.128 e. The first-order valence-electron chi connectivity index (χ1n) is 5.90. The summed E-state index contributed by atoms with van der Waals surface area (Å²) in [6, 6.07) is 0. The predicted molar refractivity (Wildman–Crippen MR) is 84.0 cm³/mol. The summed E-state index contributed by atoms with van der Waals surface area (Å²) in [6.07, 6.45) is 2.79. The number of alkyl halides is 1. The van der Waals surface area contributed by atoms with Crippen LogP contribution in [0.1, 0.15) is 45.9 Å². The molecule has 0 saturated heterocycles. The highest BCUT2D eigenvalue weighted by Gasteiger charge is 2.23. The van der Waals surface area contributed by atoms with E-state index in [0.717, 1.165) is 17.9 Å². The molecule has 0 N–H and O–H groups in total. The molecule has 1 aromatic rings. The molecule has 4 heteroatoms. The molecule has 0 spiro atoms. The van der Waals surface area contributed by atoms with Crippen molar-refractivity contribution in [3.05, 3.63) is 17.5 Å². The maximum Gasteiger partial charge on any atom is 0.128 e. The van der Waals surface area contributed by atoms with Crippen LogP contribution >= 0.6 is 34.4 Å². The van der Waals surface area contributed by atoms with E-state index >= 15 is 0 Å². The van der Waals surface area contributed by atoms with Gasteiger partial charge in [0.15, 0.2) is 0 Å². The van der Waals surface area contributed by atoms with E-state index in [1.165, 1.54) is 11.3 Å². The van der Waals surface area contributed by atoms with Crippen LogP contribution in [0.15, 0.2) is 10.8 Å². The molecule has 1 rings (SSSR count). The second-order valence-corrected chi connectivity index (χ2v) is 9.81. The van der Waals surface area contributed by atoms with E-state index in [2.05, 4.69) is 62.4 Å². The van der Waals surface area contributed by atoms with Crippen LogP contribution in [0.2, 0.25) is 0 Å². The Kier molecular flexibility index (Phi) is 5.38. The van der Waals surface area contributed by atoms with E-state index < -0.39 is 0 Å². The number of aryl methyl sites for hydroxylation is 1. The van der Waals surface area contributed by atoms with Crippen LogP contribution in [-0.4, -0.2) is 16.7 Å². The van der Waals surface area contributed by atoms with Crippen molar-refractivity contribution in [1.82, 2.24) is 5.16 Å². The molecule has 0 unspecified atom stereocenters. The molecule has 0 atom stereocenters. The van der Waals surface area contributed by atoms with Gasteiger partial charge in [0.25, 0.3) is 0 Å². The first kappa shape index (κ1) is 15.3. The minimum absolute atomic E-state index is 0.0990. The van der Waals surface area contributed by atoms with Gasteiger partial charge in [0.1, 0.15) is 6.26 Å². The summed E-state index contributed by atoms with van der Waals surface area (Å²) < 4.78 is 5.21. The average molecular weight is 367 g/mol. The first-order valence-corrected chi connectivity index (χ1v) is 8.14. The second-order valence-electron chi connectivity index (χ2n) is 6.01. The van der Waals surface area contributed by atoms with Crippen LogP contribution in [-0.2, 0) is 9.84 Å². The molecule has 17 heavy (non-hydrogen) atoms. The SMILES string of the molecule is CC(C)(C)CSCCc1nocc1C(C)(C)I. The van der Waals surface area contributed by atoms with Gasteiger partial charge < -0.3 is 4.52 Å². The molecule has 0 aliphatic rings. The topological polar surface area (TPSA) is 26.0 Å². The van der Waals surface area contributed by atoms with Crippen LogP contribution in [0.5, 0.6) is 0 Å². The molecule has 1 aromatic heterocycles. The summed E-state index contributed by atoms with van der Waals surface area (Å²) in [5.41, 5.74) is 2.75. The summed E-state index contributed by atoms with van der Waals surface area (Å²) >= 11 is 4.43. The van der Waals surface area contributed by atoms with Gasteiger partial charge in [0.2, 0.25) is 0 Å². The number of rotatable bonds is 5. The lowest BCUT2D eigenvalue weighted by atomic mass is 10.0. The van der Waals surface area contributed by atoms with E-state index in [1.54, 1.807) is 6.26 Å². The summed E-state index contributed by atoms with van der Waals surface area (Å²) in [4.78, 5) is 0. The highest BCUT2D eigenvalue weighted by atomic mass is 127. The Bertz CT molecular complexity index is 349. The molecular formula is C13H22INOS. The maximum absolute atomic E-state index is 5.11. The number of halogens is 1. The van der Waals surface area contributed by atoms with Gasteiger partial charge in [-0.15, -0.1) is 0 Å². The fourth-order valence-electron chi connectivity index (χ4n) is 1.47. The lowest BCUT2D eigenvalue weighted by Gasteiger charge is -2.17. The van der Waals surface area contributed by atoms with Crippen molar-refractivity contribution in [3.8, 4) is 0 Å². The van der Waals surface area contributed by atoms with Crippen molar-refractivity contribution >= 4 is 34.4 Å². The normalized spacial score (nSPS) is 13.1. The van der Waals surface area contributed by atoms with Gasteiger partial charge in [-0.1, -0.05) is 48.5 Å². The molecule has 0 aromatic carbocycles. The van der Waals surface area contributed by atoms with Crippen LogP contribution in [0, 0.1) is 5.41 Å². The molecule has 2 nitrogen and oxygen atoms in total. The van der Waals surface area contributed by atoms with E-state index in [4.69, 9.17) is 4.52 Å². The van der Waals surface area contributed by atoms with Crippen LogP contribution < -0.4 is 0 Å². The van der Waals surface area contributed by atoms with Gasteiger partial charge in [0.05, 0.1) is 5.69 Å². The fraction of sp³-hybridized carbons (Fsp3) is 0.769. The number of hydrogen-bond donors (Lipinski definition) is 0. The highest BCUT2D eigenvalue weighted by Crippen LogP contribution is 2.33. The van der Waals surface area contributed by atoms with Gasteiger partial charge in [-0.05, 0) is 30.8 Å². The minimum atomic E-state index is 0.0990. The molecule has 0 aliphatic heterocycles. The summed E-state index contributed by atoms with van der Waals surface area (Å²) in [7, 11) is 0. The summed E-state index contributed by atoms with van der Waals surface area (Å²) in [5.74, 6) is 2.30. The minimum Gasteiger partial charge on any atom is -0.364 e.